The van der Waals surface area contributed by atoms with Gasteiger partial charge in [-0.2, -0.15) is 0 Å². The van der Waals surface area contributed by atoms with E-state index in [1.807, 2.05) is 12.1 Å². The van der Waals surface area contributed by atoms with Crippen molar-refractivity contribution in [3.05, 3.63) is 29.3 Å². The van der Waals surface area contributed by atoms with Gasteiger partial charge in [-0.25, -0.2) is 9.79 Å². The van der Waals surface area contributed by atoms with Crippen molar-refractivity contribution in [3.8, 4) is 5.75 Å². The van der Waals surface area contributed by atoms with Gasteiger partial charge in [0.25, 0.3) is 0 Å². The van der Waals surface area contributed by atoms with Crippen molar-refractivity contribution in [2.75, 3.05) is 0 Å². The van der Waals surface area contributed by atoms with E-state index in [2.05, 4.69) is 25.8 Å². The molecule has 1 rings (SSSR count). The second-order valence-corrected chi connectivity index (χ2v) is 4.50. The van der Waals surface area contributed by atoms with Gasteiger partial charge in [-0.05, 0) is 23.1 Å². The molecule has 0 radical (unpaired) electrons. The normalized spacial score (nSPS) is 10.9. The summed E-state index contributed by atoms with van der Waals surface area (Å²) in [6.45, 7) is 6.45. The molecule has 0 aliphatic carbocycles. The van der Waals surface area contributed by atoms with Crippen LogP contribution in [0.5, 0.6) is 5.75 Å². The lowest BCUT2D eigenvalue weighted by Crippen LogP contribution is -2.11. The standard InChI is InChI=1S/C12H15NO2/c1-12(2,3)10-4-5-11(15)9(6-10)7-13-8-14/h4-6,15H,7H2,1-3H3. The summed E-state index contributed by atoms with van der Waals surface area (Å²) in [7, 11) is 0. The molecule has 0 unspecified atom stereocenters. The van der Waals surface area contributed by atoms with Gasteiger partial charge in [0.15, 0.2) is 0 Å². The average Bonchev–Trinajstić information content (AvgIpc) is 2.15. The van der Waals surface area contributed by atoms with Crippen LogP contribution >= 0.6 is 0 Å². The third kappa shape index (κ3) is 2.93. The van der Waals surface area contributed by atoms with Crippen molar-refractivity contribution < 1.29 is 9.90 Å². The zero-order valence-corrected chi connectivity index (χ0v) is 9.24. The Balaban J connectivity index is 3.10. The lowest BCUT2D eigenvalue weighted by Gasteiger charge is -2.19. The summed E-state index contributed by atoms with van der Waals surface area (Å²) < 4.78 is 0. The highest BCUT2D eigenvalue weighted by Gasteiger charge is 2.15. The molecule has 0 heterocycles. The van der Waals surface area contributed by atoms with Crippen LogP contribution in [0.2, 0.25) is 0 Å². The van der Waals surface area contributed by atoms with Crippen LogP contribution in [0.25, 0.3) is 0 Å². The molecule has 0 fully saturated rings. The molecule has 0 saturated carbocycles. The first-order valence-corrected chi connectivity index (χ1v) is 4.81. The highest BCUT2D eigenvalue weighted by molar-refractivity contribution is 5.40. The van der Waals surface area contributed by atoms with E-state index >= 15 is 0 Å². The summed E-state index contributed by atoms with van der Waals surface area (Å²) in [5.74, 6) is 0.169. The molecule has 0 amide bonds. The van der Waals surface area contributed by atoms with Gasteiger partial charge in [-0.1, -0.05) is 26.8 Å². The molecule has 0 spiro atoms. The van der Waals surface area contributed by atoms with Crippen molar-refractivity contribution in [1.82, 2.24) is 0 Å². The number of phenolic OH excluding ortho intramolecular Hbond substituents is 1. The van der Waals surface area contributed by atoms with Gasteiger partial charge in [-0.3, -0.25) is 0 Å². The van der Waals surface area contributed by atoms with Crippen LogP contribution in [0.1, 0.15) is 31.9 Å². The number of phenols is 1. The summed E-state index contributed by atoms with van der Waals surface area (Å²) in [6, 6.07) is 5.38. The van der Waals surface area contributed by atoms with E-state index in [1.54, 1.807) is 6.07 Å². The Hall–Kier alpha value is -1.60. The predicted octanol–water partition coefficient (Wildman–Crippen LogP) is 2.53. The number of carbonyl (C=O) groups excluding carboxylic acids is 1. The highest BCUT2D eigenvalue weighted by atomic mass is 16.3. The molecule has 1 N–H and O–H groups in total. The van der Waals surface area contributed by atoms with Crippen LogP contribution in [-0.2, 0) is 16.8 Å². The monoisotopic (exact) mass is 205 g/mol. The fourth-order valence-corrected chi connectivity index (χ4v) is 1.30. The molecule has 15 heavy (non-hydrogen) atoms. The second-order valence-electron chi connectivity index (χ2n) is 4.50. The quantitative estimate of drug-likeness (QED) is 0.595. The summed E-state index contributed by atoms with van der Waals surface area (Å²) in [5.41, 5.74) is 1.79. The summed E-state index contributed by atoms with van der Waals surface area (Å²) in [6.07, 6.45) is 1.47. The Morgan fingerprint density at radius 3 is 2.60 bits per heavy atom. The van der Waals surface area contributed by atoms with Gasteiger partial charge < -0.3 is 5.11 Å². The largest absolute Gasteiger partial charge is 0.508 e. The average molecular weight is 205 g/mol. The van der Waals surface area contributed by atoms with Crippen LogP contribution in [-0.4, -0.2) is 11.2 Å². The van der Waals surface area contributed by atoms with Gasteiger partial charge in [0, 0.05) is 5.56 Å². The Kier molecular flexibility index (Phi) is 3.28. The lowest BCUT2D eigenvalue weighted by atomic mass is 9.86. The van der Waals surface area contributed by atoms with E-state index < -0.39 is 0 Å². The van der Waals surface area contributed by atoms with E-state index in [0.717, 1.165) is 5.56 Å². The third-order valence-corrected chi connectivity index (χ3v) is 2.26. The predicted molar refractivity (Wildman–Crippen MR) is 58.6 cm³/mol. The minimum Gasteiger partial charge on any atom is -0.508 e. The SMILES string of the molecule is CC(C)(C)c1ccc(O)c(CN=C=O)c1. The molecule has 0 aliphatic rings. The molecule has 0 saturated heterocycles. The number of hydrogen-bond acceptors (Lipinski definition) is 3. The number of rotatable bonds is 2. The fourth-order valence-electron chi connectivity index (χ4n) is 1.30. The Bertz CT molecular complexity index is 399. The van der Waals surface area contributed by atoms with Crippen molar-refractivity contribution >= 4 is 6.08 Å². The van der Waals surface area contributed by atoms with Crippen LogP contribution in [0.3, 0.4) is 0 Å². The first-order valence-electron chi connectivity index (χ1n) is 4.81. The number of nitrogens with zero attached hydrogens (tertiary/aromatic N) is 1. The molecule has 0 aromatic heterocycles. The maximum absolute atomic E-state index is 10.00. The van der Waals surface area contributed by atoms with Gasteiger partial charge >= 0.3 is 0 Å². The van der Waals surface area contributed by atoms with E-state index in [0.29, 0.717) is 5.56 Å². The molecule has 0 atom stereocenters. The van der Waals surface area contributed by atoms with Crippen molar-refractivity contribution in [1.29, 1.82) is 0 Å². The van der Waals surface area contributed by atoms with Crippen LogP contribution < -0.4 is 0 Å². The van der Waals surface area contributed by atoms with Crippen LogP contribution in [0.4, 0.5) is 0 Å². The summed E-state index contributed by atoms with van der Waals surface area (Å²) in [5, 5.41) is 9.54. The van der Waals surface area contributed by atoms with E-state index in [4.69, 9.17) is 0 Å². The fraction of sp³-hybridized carbons (Fsp3) is 0.417. The third-order valence-electron chi connectivity index (χ3n) is 2.26. The molecule has 0 aliphatic heterocycles. The van der Waals surface area contributed by atoms with Crippen LogP contribution in [0.15, 0.2) is 23.2 Å². The molecule has 1 aromatic rings. The molecule has 3 heteroatoms. The molecular weight excluding hydrogens is 190 g/mol. The number of aromatic hydroxyl groups is 1. The molecule has 80 valence electrons. The Labute approximate surface area is 89.5 Å². The van der Waals surface area contributed by atoms with Gasteiger partial charge in [0.1, 0.15) is 5.75 Å². The zero-order valence-electron chi connectivity index (χ0n) is 9.24. The summed E-state index contributed by atoms with van der Waals surface area (Å²) >= 11 is 0. The molecular formula is C12H15NO2. The minimum atomic E-state index is 0.0212. The topological polar surface area (TPSA) is 49.7 Å². The highest BCUT2D eigenvalue weighted by Crippen LogP contribution is 2.27. The van der Waals surface area contributed by atoms with Crippen molar-refractivity contribution in [2.45, 2.75) is 32.7 Å². The maximum Gasteiger partial charge on any atom is 0.235 e. The molecule has 0 bridgehead atoms. The second kappa shape index (κ2) is 4.28. The Morgan fingerprint density at radius 1 is 1.40 bits per heavy atom. The Morgan fingerprint density at radius 2 is 2.07 bits per heavy atom. The van der Waals surface area contributed by atoms with E-state index in [1.165, 1.54) is 6.08 Å². The minimum absolute atomic E-state index is 0.0212. The van der Waals surface area contributed by atoms with Gasteiger partial charge in [0.2, 0.25) is 6.08 Å². The van der Waals surface area contributed by atoms with E-state index in [9.17, 15) is 9.90 Å². The summed E-state index contributed by atoms with van der Waals surface area (Å²) in [4.78, 5) is 13.5. The van der Waals surface area contributed by atoms with Gasteiger partial charge in [-0.15, -0.1) is 0 Å². The van der Waals surface area contributed by atoms with E-state index in [-0.39, 0.29) is 17.7 Å². The van der Waals surface area contributed by atoms with Crippen LogP contribution in [0, 0.1) is 0 Å². The van der Waals surface area contributed by atoms with Crippen molar-refractivity contribution in [3.63, 3.8) is 0 Å². The zero-order chi connectivity index (χ0) is 11.5. The molecule has 3 nitrogen and oxygen atoms in total. The number of hydrogen-bond donors (Lipinski definition) is 1. The smallest absolute Gasteiger partial charge is 0.235 e. The first-order chi connectivity index (χ1) is 6.95. The van der Waals surface area contributed by atoms with Crippen molar-refractivity contribution in [2.24, 2.45) is 4.99 Å². The number of benzene rings is 1. The number of aliphatic imine (C=N–C) groups is 1. The first kappa shape index (κ1) is 11.5. The molecule has 1 aromatic carbocycles. The maximum atomic E-state index is 10.00. The number of isocyanates is 1. The van der Waals surface area contributed by atoms with Gasteiger partial charge in [0.05, 0.1) is 6.54 Å². The lowest BCUT2D eigenvalue weighted by molar-refractivity contribution is 0.467.